The van der Waals surface area contributed by atoms with E-state index >= 15 is 0 Å². The van der Waals surface area contributed by atoms with Crippen molar-refractivity contribution in [2.24, 2.45) is 0 Å². The van der Waals surface area contributed by atoms with Crippen molar-refractivity contribution in [1.82, 2.24) is 5.16 Å². The molecule has 0 unspecified atom stereocenters. The first-order chi connectivity index (χ1) is 8.41. The first-order valence-corrected chi connectivity index (χ1v) is 4.55. The summed E-state index contributed by atoms with van der Waals surface area (Å²) in [7, 11) is 0. The number of hydrogen-bond donors (Lipinski definition) is 2. The number of carboxylic acid groups (broad SMARTS) is 1. The summed E-state index contributed by atoms with van der Waals surface area (Å²) in [5.41, 5.74) is 3.24. The van der Waals surface area contributed by atoms with Crippen molar-refractivity contribution >= 4 is 11.8 Å². The van der Waals surface area contributed by atoms with Crippen molar-refractivity contribution in [2.75, 3.05) is 5.73 Å². The molecule has 0 radical (unpaired) electrons. The number of halogens is 3. The lowest BCUT2D eigenvalue weighted by atomic mass is 10.1. The van der Waals surface area contributed by atoms with Crippen LogP contribution in [-0.4, -0.2) is 16.2 Å². The van der Waals surface area contributed by atoms with Gasteiger partial charge < -0.3 is 15.4 Å². The largest absolute Gasteiger partial charge is 0.477 e. The second kappa shape index (κ2) is 4.06. The Morgan fingerprint density at radius 1 is 1.28 bits per heavy atom. The predicted octanol–water partition coefficient (Wildman–Crippen LogP) is 2.04. The highest BCUT2D eigenvalue weighted by Gasteiger charge is 2.25. The monoisotopic (exact) mass is 258 g/mol. The molecular formula is C10H5F3N2O3. The number of nitrogens with zero attached hydrogens (tertiary/aromatic N) is 1. The molecule has 0 aliphatic heterocycles. The van der Waals surface area contributed by atoms with Crippen LogP contribution in [0.1, 0.15) is 10.4 Å². The number of nitrogens with two attached hydrogens (primary N) is 1. The summed E-state index contributed by atoms with van der Waals surface area (Å²) in [5, 5.41) is 11.8. The van der Waals surface area contributed by atoms with Gasteiger partial charge in [0.15, 0.2) is 23.2 Å². The van der Waals surface area contributed by atoms with E-state index < -0.39 is 34.5 Å². The highest BCUT2D eigenvalue weighted by Crippen LogP contribution is 2.29. The van der Waals surface area contributed by atoms with Crippen LogP contribution in [0.15, 0.2) is 16.7 Å². The van der Waals surface area contributed by atoms with Crippen molar-refractivity contribution in [2.45, 2.75) is 0 Å². The summed E-state index contributed by atoms with van der Waals surface area (Å²) in [6.45, 7) is 0. The molecule has 0 saturated heterocycles. The van der Waals surface area contributed by atoms with E-state index in [0.717, 1.165) is 6.07 Å². The first-order valence-electron chi connectivity index (χ1n) is 4.55. The van der Waals surface area contributed by atoms with Gasteiger partial charge in [0.2, 0.25) is 0 Å². The van der Waals surface area contributed by atoms with Gasteiger partial charge in [-0.2, -0.15) is 0 Å². The second-order valence-corrected chi connectivity index (χ2v) is 3.33. The third-order valence-electron chi connectivity index (χ3n) is 2.17. The molecular weight excluding hydrogens is 253 g/mol. The molecule has 0 amide bonds. The van der Waals surface area contributed by atoms with Crippen molar-refractivity contribution < 1.29 is 27.6 Å². The number of aromatic nitrogens is 1. The van der Waals surface area contributed by atoms with Gasteiger partial charge >= 0.3 is 5.97 Å². The van der Waals surface area contributed by atoms with Gasteiger partial charge in [0.05, 0.1) is 5.56 Å². The fourth-order valence-corrected chi connectivity index (χ4v) is 1.39. The molecule has 94 valence electrons. The van der Waals surface area contributed by atoms with Gasteiger partial charge in [0, 0.05) is 6.07 Å². The zero-order valence-corrected chi connectivity index (χ0v) is 8.58. The Labute approximate surface area is 97.6 Å². The second-order valence-electron chi connectivity index (χ2n) is 3.33. The maximum atomic E-state index is 13.6. The lowest BCUT2D eigenvalue weighted by molar-refractivity contribution is 0.0685. The minimum atomic E-state index is -1.91. The van der Waals surface area contributed by atoms with E-state index in [2.05, 4.69) is 9.68 Å². The highest BCUT2D eigenvalue weighted by molar-refractivity contribution is 5.89. The molecule has 0 atom stereocenters. The minimum absolute atomic E-state index is 0.104. The molecule has 5 nitrogen and oxygen atoms in total. The van der Waals surface area contributed by atoms with Crippen LogP contribution < -0.4 is 5.73 Å². The zero-order valence-electron chi connectivity index (χ0n) is 8.58. The highest BCUT2D eigenvalue weighted by atomic mass is 19.2. The van der Waals surface area contributed by atoms with Crippen molar-refractivity contribution in [3.63, 3.8) is 0 Å². The van der Waals surface area contributed by atoms with Gasteiger partial charge in [-0.25, -0.2) is 18.0 Å². The minimum Gasteiger partial charge on any atom is -0.477 e. The fraction of sp³-hybridized carbons (Fsp3) is 0. The Morgan fingerprint density at radius 3 is 2.44 bits per heavy atom. The van der Waals surface area contributed by atoms with E-state index in [1.54, 1.807) is 0 Å². The summed E-state index contributed by atoms with van der Waals surface area (Å²) < 4.78 is 44.8. The molecule has 1 heterocycles. The van der Waals surface area contributed by atoms with Gasteiger partial charge in [-0.05, 0) is 6.07 Å². The van der Waals surface area contributed by atoms with Gasteiger partial charge in [0.1, 0.15) is 11.4 Å². The number of benzene rings is 1. The predicted molar refractivity (Wildman–Crippen MR) is 53.2 cm³/mol. The third kappa shape index (κ3) is 1.77. The quantitative estimate of drug-likeness (QED) is 0.804. The maximum absolute atomic E-state index is 13.6. The summed E-state index contributed by atoms with van der Waals surface area (Å²) in [5.74, 6) is -7.11. The van der Waals surface area contributed by atoms with E-state index in [4.69, 9.17) is 10.8 Å². The number of carbonyl (C=O) groups is 1. The van der Waals surface area contributed by atoms with Crippen LogP contribution in [0.2, 0.25) is 0 Å². The Morgan fingerprint density at radius 2 is 1.94 bits per heavy atom. The number of hydrogen-bond acceptors (Lipinski definition) is 4. The van der Waals surface area contributed by atoms with Crippen LogP contribution in [0.25, 0.3) is 11.3 Å². The number of nitrogen functional groups attached to an aromatic ring is 1. The molecule has 0 aliphatic rings. The van der Waals surface area contributed by atoms with Crippen LogP contribution in [0.4, 0.5) is 19.0 Å². The average molecular weight is 258 g/mol. The van der Waals surface area contributed by atoms with Crippen LogP contribution >= 0.6 is 0 Å². The molecule has 0 spiro atoms. The SMILES string of the molecule is Nc1cc(-c2cc(F)c(C(=O)O)c(F)c2F)on1. The van der Waals surface area contributed by atoms with Crippen molar-refractivity contribution in [1.29, 1.82) is 0 Å². The normalized spacial score (nSPS) is 10.6. The zero-order chi connectivity index (χ0) is 13.4. The van der Waals surface area contributed by atoms with Crippen LogP contribution in [-0.2, 0) is 0 Å². The van der Waals surface area contributed by atoms with Crippen molar-refractivity contribution in [3.8, 4) is 11.3 Å². The molecule has 3 N–H and O–H groups in total. The lowest BCUT2D eigenvalue weighted by Crippen LogP contribution is -2.07. The smallest absolute Gasteiger partial charge is 0.341 e. The van der Waals surface area contributed by atoms with Gasteiger partial charge in [-0.15, -0.1) is 0 Å². The lowest BCUT2D eigenvalue weighted by Gasteiger charge is -2.04. The Balaban J connectivity index is 2.69. The standard InChI is InChI=1S/C10H5F3N2O3/c11-4-1-3(5-2-6(14)15-18-5)8(12)9(13)7(4)10(16)17/h1-2H,(H2,14,15)(H,16,17). The van der Waals surface area contributed by atoms with E-state index in [9.17, 15) is 18.0 Å². The summed E-state index contributed by atoms with van der Waals surface area (Å²) >= 11 is 0. The Kier molecular flexibility index (Phi) is 2.70. The van der Waals surface area contributed by atoms with E-state index in [-0.39, 0.29) is 11.6 Å². The van der Waals surface area contributed by atoms with E-state index in [1.165, 1.54) is 0 Å². The van der Waals surface area contributed by atoms with Crippen LogP contribution in [0.3, 0.4) is 0 Å². The Bertz CT molecular complexity index is 640. The number of rotatable bonds is 2. The van der Waals surface area contributed by atoms with Crippen LogP contribution in [0, 0.1) is 17.5 Å². The molecule has 18 heavy (non-hydrogen) atoms. The molecule has 8 heteroatoms. The number of carboxylic acids is 1. The summed E-state index contributed by atoms with van der Waals surface area (Å²) in [6, 6.07) is 1.56. The maximum Gasteiger partial charge on any atom is 0.341 e. The molecule has 0 bridgehead atoms. The average Bonchev–Trinajstić information content (AvgIpc) is 2.69. The van der Waals surface area contributed by atoms with Gasteiger partial charge in [-0.1, -0.05) is 5.16 Å². The van der Waals surface area contributed by atoms with Crippen molar-refractivity contribution in [3.05, 3.63) is 35.1 Å². The van der Waals surface area contributed by atoms with Gasteiger partial charge in [0.25, 0.3) is 0 Å². The molecule has 1 aromatic heterocycles. The summed E-state index contributed by atoms with van der Waals surface area (Å²) in [4.78, 5) is 10.5. The molecule has 0 fully saturated rings. The summed E-state index contributed by atoms with van der Waals surface area (Å²) in [6.07, 6.45) is 0. The Hall–Kier alpha value is -2.51. The number of aromatic carboxylic acids is 1. The first kappa shape index (κ1) is 12.0. The van der Waals surface area contributed by atoms with Crippen LogP contribution in [0.5, 0.6) is 0 Å². The van der Waals surface area contributed by atoms with E-state index in [0.29, 0.717) is 6.07 Å². The molecule has 2 rings (SSSR count). The third-order valence-corrected chi connectivity index (χ3v) is 2.17. The number of anilines is 1. The van der Waals surface area contributed by atoms with E-state index in [1.807, 2.05) is 0 Å². The molecule has 1 aromatic carbocycles. The fourth-order valence-electron chi connectivity index (χ4n) is 1.39. The van der Waals surface area contributed by atoms with Gasteiger partial charge in [-0.3, -0.25) is 0 Å². The topological polar surface area (TPSA) is 89.4 Å². The molecule has 0 saturated carbocycles. The molecule has 0 aliphatic carbocycles. The molecule has 2 aromatic rings.